The van der Waals surface area contributed by atoms with Gasteiger partial charge >= 0.3 is 5.97 Å². The summed E-state index contributed by atoms with van der Waals surface area (Å²) in [4.78, 5) is 49.4. The van der Waals surface area contributed by atoms with Crippen LogP contribution in [0.4, 0.5) is 5.13 Å². The predicted octanol–water partition coefficient (Wildman–Crippen LogP) is -0.914. The Morgan fingerprint density at radius 3 is 2.83 bits per heavy atom. The molecule has 186 valence electrons. The number of anilines is 1. The van der Waals surface area contributed by atoms with Gasteiger partial charge in [0.2, 0.25) is 5.16 Å². The van der Waals surface area contributed by atoms with Gasteiger partial charge in [-0.2, -0.15) is 0 Å². The maximum absolute atomic E-state index is 13.0. The Labute approximate surface area is 210 Å². The zero-order valence-corrected chi connectivity index (χ0v) is 20.8. The second kappa shape index (κ2) is 10.1. The third kappa shape index (κ3) is 5.03. The van der Waals surface area contributed by atoms with Crippen molar-refractivity contribution in [3.63, 3.8) is 0 Å². The molecule has 2 aliphatic rings. The van der Waals surface area contributed by atoms with E-state index in [0.29, 0.717) is 16.5 Å². The van der Waals surface area contributed by atoms with Crippen LogP contribution in [0.5, 0.6) is 0 Å². The number of hydrogen-bond acceptors (Lipinski definition) is 14. The number of rotatable bonds is 9. The molecule has 2 aromatic heterocycles. The van der Waals surface area contributed by atoms with E-state index in [9.17, 15) is 19.5 Å². The number of nitrogens with two attached hydrogens (primary N) is 2. The van der Waals surface area contributed by atoms with Gasteiger partial charge in [0.05, 0.1) is 0 Å². The van der Waals surface area contributed by atoms with Gasteiger partial charge in [-0.3, -0.25) is 14.5 Å². The van der Waals surface area contributed by atoms with E-state index in [0.717, 1.165) is 27.9 Å². The summed E-state index contributed by atoms with van der Waals surface area (Å²) in [6.45, 7) is 3.48. The Morgan fingerprint density at radius 1 is 1.46 bits per heavy atom. The van der Waals surface area contributed by atoms with Crippen LogP contribution in [-0.4, -0.2) is 87.8 Å². The molecule has 4 rings (SSSR count). The quantitative estimate of drug-likeness (QED) is 0.0996. The molecule has 0 spiro atoms. The van der Waals surface area contributed by atoms with Crippen molar-refractivity contribution in [1.82, 2.24) is 35.5 Å². The summed E-state index contributed by atoms with van der Waals surface area (Å²) in [6.07, 6.45) is -0.299. The van der Waals surface area contributed by atoms with Crippen molar-refractivity contribution < 1.29 is 24.3 Å². The highest BCUT2D eigenvalue weighted by molar-refractivity contribution is 8.01. The first kappa shape index (κ1) is 24.7. The smallest absolute Gasteiger partial charge is 0.352 e. The van der Waals surface area contributed by atoms with E-state index < -0.39 is 29.2 Å². The van der Waals surface area contributed by atoms with Gasteiger partial charge in [0.25, 0.3) is 11.8 Å². The summed E-state index contributed by atoms with van der Waals surface area (Å²) in [6, 6.07) is -0.951. The largest absolute Gasteiger partial charge is 0.477 e. The minimum atomic E-state index is -1.25. The monoisotopic (exact) mass is 540 g/mol. The first-order chi connectivity index (χ1) is 16.7. The Morgan fingerprint density at radius 2 is 2.23 bits per heavy atom. The molecular weight excluding hydrogens is 520 g/mol. The topological polar surface area (TPSA) is 217 Å². The van der Waals surface area contributed by atoms with E-state index in [1.54, 1.807) is 19.2 Å². The number of carbonyl (C=O) groups excluding carboxylic acids is 2. The lowest BCUT2D eigenvalue weighted by atomic mass is 10.0. The molecule has 1 fully saturated rings. The molecule has 0 aromatic carbocycles. The number of aliphatic carboxylic acids is 1. The number of thiazole rings is 1. The van der Waals surface area contributed by atoms with Gasteiger partial charge < -0.3 is 26.8 Å². The molecule has 15 nitrogen and oxygen atoms in total. The molecule has 0 aliphatic carbocycles. The molecule has 4 heterocycles. The third-order valence-electron chi connectivity index (χ3n) is 4.71. The number of nitrogens with zero attached hydrogens (tertiary/aromatic N) is 7. The van der Waals surface area contributed by atoms with Gasteiger partial charge in [-0.05, 0) is 29.8 Å². The number of aromatic nitrogens is 5. The average Bonchev–Trinajstić information content (AvgIpc) is 3.42. The highest BCUT2D eigenvalue weighted by Crippen LogP contribution is 2.41. The number of nitrogen functional groups attached to an aromatic ring is 2. The van der Waals surface area contributed by atoms with Crippen LogP contribution >= 0.6 is 34.9 Å². The molecule has 1 saturated heterocycles. The van der Waals surface area contributed by atoms with E-state index in [-0.39, 0.29) is 34.1 Å². The number of oxime groups is 1. The number of β-lactam (4-membered cyclic amide) rings is 1. The number of carboxylic acid groups (broad SMARTS) is 1. The fourth-order valence-corrected chi connectivity index (χ4v) is 6.02. The molecule has 18 heteroatoms. The van der Waals surface area contributed by atoms with Gasteiger partial charge in [-0.25, -0.2) is 9.78 Å². The van der Waals surface area contributed by atoms with Crippen LogP contribution in [0.2, 0.25) is 0 Å². The SMILES string of the molecule is CC(C)ON=C(C(=O)N[C@@H]1C(=O)N2C(C(=O)O)=C(CSc3nnnn3N)CS[C@@H]12)c1csc(N)n1. The van der Waals surface area contributed by atoms with Crippen molar-refractivity contribution in [1.29, 1.82) is 0 Å². The Kier molecular flexibility index (Phi) is 7.13. The van der Waals surface area contributed by atoms with Crippen molar-refractivity contribution in [2.24, 2.45) is 5.16 Å². The average molecular weight is 541 g/mol. The number of amides is 2. The molecule has 2 atom stereocenters. The fraction of sp³-hybridized carbons (Fsp3) is 0.412. The lowest BCUT2D eigenvalue weighted by Gasteiger charge is -2.49. The Hall–Kier alpha value is -3.38. The van der Waals surface area contributed by atoms with E-state index in [1.807, 2.05) is 0 Å². The highest BCUT2D eigenvalue weighted by atomic mass is 32.2. The van der Waals surface area contributed by atoms with E-state index in [1.165, 1.54) is 16.7 Å². The first-order valence-electron chi connectivity index (χ1n) is 9.99. The van der Waals surface area contributed by atoms with Crippen LogP contribution in [-0.2, 0) is 19.2 Å². The van der Waals surface area contributed by atoms with Crippen molar-refractivity contribution in [3.05, 3.63) is 22.3 Å². The number of hydrogen-bond donors (Lipinski definition) is 4. The van der Waals surface area contributed by atoms with Crippen LogP contribution in [0.1, 0.15) is 19.5 Å². The van der Waals surface area contributed by atoms with Crippen molar-refractivity contribution >= 4 is 63.5 Å². The molecule has 6 N–H and O–H groups in total. The maximum atomic E-state index is 13.0. The normalized spacial score (nSPS) is 20.0. The van der Waals surface area contributed by atoms with Gasteiger partial charge in [-0.1, -0.05) is 22.0 Å². The van der Waals surface area contributed by atoms with Crippen LogP contribution in [0.3, 0.4) is 0 Å². The zero-order valence-electron chi connectivity index (χ0n) is 18.3. The minimum Gasteiger partial charge on any atom is -0.477 e. The van der Waals surface area contributed by atoms with Crippen LogP contribution < -0.4 is 16.9 Å². The third-order valence-corrected chi connectivity index (χ3v) is 7.74. The number of carbonyl (C=O) groups is 3. The first-order valence-corrected chi connectivity index (χ1v) is 12.9. The molecule has 2 aromatic rings. The summed E-state index contributed by atoms with van der Waals surface area (Å²) in [7, 11) is 0. The van der Waals surface area contributed by atoms with Gasteiger partial charge in [0.1, 0.15) is 28.9 Å². The Bertz CT molecular complexity index is 1220. The molecule has 0 unspecified atom stereocenters. The lowest BCUT2D eigenvalue weighted by molar-refractivity contribution is -0.150. The lowest BCUT2D eigenvalue weighted by Crippen LogP contribution is -2.71. The molecule has 0 saturated carbocycles. The van der Waals surface area contributed by atoms with E-state index in [4.69, 9.17) is 16.4 Å². The number of thioether (sulfide) groups is 2. The van der Waals surface area contributed by atoms with Crippen molar-refractivity contribution in [3.8, 4) is 0 Å². The van der Waals surface area contributed by atoms with Crippen LogP contribution in [0, 0.1) is 0 Å². The second-order valence-corrected chi connectivity index (χ2v) is 10.4. The van der Waals surface area contributed by atoms with E-state index >= 15 is 0 Å². The van der Waals surface area contributed by atoms with Gasteiger partial charge in [-0.15, -0.1) is 27.9 Å². The molecule has 2 aliphatic heterocycles. The fourth-order valence-electron chi connectivity index (χ4n) is 3.20. The number of tetrazole rings is 1. The molecule has 0 radical (unpaired) electrons. The van der Waals surface area contributed by atoms with Gasteiger partial charge in [0.15, 0.2) is 10.8 Å². The highest BCUT2D eigenvalue weighted by Gasteiger charge is 2.54. The summed E-state index contributed by atoms with van der Waals surface area (Å²) < 4.78 is 0. The number of fused-ring (bicyclic) bond motifs is 1. The maximum Gasteiger partial charge on any atom is 0.352 e. The summed E-state index contributed by atoms with van der Waals surface area (Å²) in [5.74, 6) is 3.64. The second-order valence-electron chi connectivity index (χ2n) is 7.48. The van der Waals surface area contributed by atoms with Crippen molar-refractivity contribution in [2.45, 2.75) is 36.5 Å². The molecule has 2 amide bonds. The summed E-state index contributed by atoms with van der Waals surface area (Å²) >= 11 is 3.60. The van der Waals surface area contributed by atoms with E-state index in [2.05, 4.69) is 31.0 Å². The van der Waals surface area contributed by atoms with Crippen molar-refractivity contribution in [2.75, 3.05) is 23.1 Å². The predicted molar refractivity (Wildman–Crippen MR) is 128 cm³/mol. The Balaban J connectivity index is 1.50. The molecule has 35 heavy (non-hydrogen) atoms. The van der Waals surface area contributed by atoms with Crippen LogP contribution in [0.15, 0.2) is 27.0 Å². The minimum absolute atomic E-state index is 0.128. The van der Waals surface area contributed by atoms with Crippen LogP contribution in [0.25, 0.3) is 0 Å². The molecular formula is C17H20N10O5S3. The van der Waals surface area contributed by atoms with Gasteiger partial charge in [0, 0.05) is 16.9 Å². The number of nitrogens with one attached hydrogen (secondary N) is 1. The number of carboxylic acids is 1. The summed E-state index contributed by atoms with van der Waals surface area (Å²) in [5, 5.41) is 28.5. The standard InChI is InChI=1S/C17H20N10O5S3/c1-6(2)32-23-9(8-5-34-16(18)20-8)12(28)21-10-13(29)26-11(15(30)31)7(3-33-14(10)26)4-35-17-22-24-25-27(17)19/h5-6,10,14H,3-4,19H2,1-2H3,(H2,18,20)(H,21,28)(H,30,31)/t10-,14+/m1/s1. The zero-order chi connectivity index (χ0) is 25.3. The summed E-state index contributed by atoms with van der Waals surface area (Å²) in [5.41, 5.74) is 6.13. The molecule has 0 bridgehead atoms.